The molecule has 0 fully saturated rings. The molecule has 3 rings (SSSR count). The molecule has 0 bridgehead atoms. The Morgan fingerprint density at radius 2 is 1.68 bits per heavy atom. The molecule has 0 aliphatic carbocycles. The van der Waals surface area contributed by atoms with Gasteiger partial charge in [-0.2, -0.15) is 0 Å². The maximum atomic E-state index is 12.5. The van der Waals surface area contributed by atoms with Crippen molar-refractivity contribution >= 4 is 44.1 Å². The van der Waals surface area contributed by atoms with Crippen LogP contribution in [0.1, 0.15) is 19.4 Å². The molecule has 3 aromatic rings. The second-order valence-electron chi connectivity index (χ2n) is 6.55. The summed E-state index contributed by atoms with van der Waals surface area (Å²) in [7, 11) is -3.60. The fraction of sp³-hybridized carbons (Fsp3) is 0.222. The van der Waals surface area contributed by atoms with E-state index in [9.17, 15) is 8.42 Å². The molecule has 0 saturated carbocycles. The van der Waals surface area contributed by atoms with E-state index >= 15 is 0 Å². The minimum Gasteiger partial charge on any atom is -0.361 e. The van der Waals surface area contributed by atoms with Crippen LogP contribution in [0.2, 0.25) is 10.0 Å². The number of hydrogen-bond donors (Lipinski definition) is 2. The second kappa shape index (κ2) is 6.65. The van der Waals surface area contributed by atoms with Crippen molar-refractivity contribution in [3.05, 3.63) is 64.3 Å². The third kappa shape index (κ3) is 3.85. The summed E-state index contributed by atoms with van der Waals surface area (Å²) in [6.07, 6.45) is 1.90. The SMILES string of the molecule is CC(C)(CNS(=O)(=O)c1ccc(Cl)cc1)c1c[nH]c2cc(Cl)ccc12. The van der Waals surface area contributed by atoms with Gasteiger partial charge in [-0.25, -0.2) is 13.1 Å². The highest BCUT2D eigenvalue weighted by Gasteiger charge is 2.26. The first-order chi connectivity index (χ1) is 11.7. The summed E-state index contributed by atoms with van der Waals surface area (Å²) in [6.45, 7) is 4.25. The van der Waals surface area contributed by atoms with Crippen molar-refractivity contribution in [1.29, 1.82) is 0 Å². The Hall–Kier alpha value is -1.53. The quantitative estimate of drug-likeness (QED) is 0.654. The number of benzene rings is 2. The molecule has 7 heteroatoms. The topological polar surface area (TPSA) is 62.0 Å². The van der Waals surface area contributed by atoms with Gasteiger partial charge in [-0.1, -0.05) is 43.1 Å². The minimum atomic E-state index is -3.60. The molecule has 0 radical (unpaired) electrons. The molecule has 1 aromatic heterocycles. The molecular weight excluding hydrogens is 379 g/mol. The zero-order valence-corrected chi connectivity index (χ0v) is 16.1. The first-order valence-electron chi connectivity index (χ1n) is 7.71. The molecule has 0 saturated heterocycles. The lowest BCUT2D eigenvalue weighted by Gasteiger charge is -2.25. The zero-order chi connectivity index (χ0) is 18.2. The maximum absolute atomic E-state index is 12.5. The van der Waals surface area contributed by atoms with Crippen LogP contribution in [0.25, 0.3) is 10.9 Å². The molecule has 25 heavy (non-hydrogen) atoms. The molecule has 1 heterocycles. The van der Waals surface area contributed by atoms with E-state index in [-0.39, 0.29) is 11.4 Å². The maximum Gasteiger partial charge on any atom is 0.240 e. The van der Waals surface area contributed by atoms with Crippen molar-refractivity contribution in [2.45, 2.75) is 24.2 Å². The number of halogens is 2. The van der Waals surface area contributed by atoms with Crippen molar-refractivity contribution in [3.63, 3.8) is 0 Å². The van der Waals surface area contributed by atoms with Crippen LogP contribution in [0.5, 0.6) is 0 Å². The molecule has 2 aromatic carbocycles. The number of rotatable bonds is 5. The summed E-state index contributed by atoms with van der Waals surface area (Å²) in [4.78, 5) is 3.39. The van der Waals surface area contributed by atoms with Crippen LogP contribution >= 0.6 is 23.2 Å². The lowest BCUT2D eigenvalue weighted by Crippen LogP contribution is -2.36. The zero-order valence-electron chi connectivity index (χ0n) is 13.8. The van der Waals surface area contributed by atoms with Gasteiger partial charge in [0.1, 0.15) is 0 Å². The first kappa shape index (κ1) is 18.3. The lowest BCUT2D eigenvalue weighted by molar-refractivity contribution is 0.505. The second-order valence-corrected chi connectivity index (χ2v) is 9.19. The van der Waals surface area contributed by atoms with Crippen LogP contribution in [-0.4, -0.2) is 19.9 Å². The number of H-pyrrole nitrogens is 1. The Kier molecular flexibility index (Phi) is 4.86. The van der Waals surface area contributed by atoms with E-state index in [1.807, 2.05) is 38.2 Å². The van der Waals surface area contributed by atoms with Gasteiger partial charge in [0, 0.05) is 39.1 Å². The van der Waals surface area contributed by atoms with E-state index in [1.165, 1.54) is 12.1 Å². The Morgan fingerprint density at radius 1 is 1.04 bits per heavy atom. The van der Waals surface area contributed by atoms with Gasteiger partial charge < -0.3 is 4.98 Å². The Morgan fingerprint density at radius 3 is 2.36 bits per heavy atom. The van der Waals surface area contributed by atoms with Crippen LogP contribution in [0, 0.1) is 0 Å². The van der Waals surface area contributed by atoms with Gasteiger partial charge in [0.25, 0.3) is 0 Å². The molecule has 0 aliphatic heterocycles. The normalized spacial score (nSPS) is 12.6. The molecule has 132 valence electrons. The van der Waals surface area contributed by atoms with Gasteiger partial charge in [0.15, 0.2) is 0 Å². The number of aromatic amines is 1. The smallest absolute Gasteiger partial charge is 0.240 e. The van der Waals surface area contributed by atoms with Crippen molar-refractivity contribution in [3.8, 4) is 0 Å². The minimum absolute atomic E-state index is 0.193. The van der Waals surface area contributed by atoms with Gasteiger partial charge in [-0.15, -0.1) is 0 Å². The Bertz CT molecular complexity index is 1010. The van der Waals surface area contributed by atoms with E-state index in [0.29, 0.717) is 10.0 Å². The number of fused-ring (bicyclic) bond motifs is 1. The predicted octanol–water partition coefficient (Wildman–Crippen LogP) is 4.73. The van der Waals surface area contributed by atoms with Crippen LogP contribution in [0.3, 0.4) is 0 Å². The van der Waals surface area contributed by atoms with Gasteiger partial charge in [-0.3, -0.25) is 0 Å². The van der Waals surface area contributed by atoms with E-state index < -0.39 is 15.4 Å². The molecule has 0 atom stereocenters. The summed E-state index contributed by atoms with van der Waals surface area (Å²) < 4.78 is 27.7. The number of hydrogen-bond acceptors (Lipinski definition) is 2. The van der Waals surface area contributed by atoms with Crippen LogP contribution in [0.4, 0.5) is 0 Å². The molecule has 0 unspecified atom stereocenters. The largest absolute Gasteiger partial charge is 0.361 e. The van der Waals surface area contributed by atoms with E-state index in [4.69, 9.17) is 23.2 Å². The molecule has 0 spiro atoms. The average Bonchev–Trinajstić information content (AvgIpc) is 2.97. The monoisotopic (exact) mass is 396 g/mol. The van der Waals surface area contributed by atoms with Gasteiger partial charge >= 0.3 is 0 Å². The highest BCUT2D eigenvalue weighted by molar-refractivity contribution is 7.89. The summed E-state index contributed by atoms with van der Waals surface area (Å²) in [6, 6.07) is 11.7. The number of aromatic nitrogens is 1. The summed E-state index contributed by atoms with van der Waals surface area (Å²) >= 11 is 11.8. The lowest BCUT2D eigenvalue weighted by atomic mass is 9.85. The number of nitrogens with one attached hydrogen (secondary N) is 2. The predicted molar refractivity (Wildman–Crippen MR) is 103 cm³/mol. The first-order valence-corrected chi connectivity index (χ1v) is 9.95. The van der Waals surface area contributed by atoms with E-state index in [1.54, 1.807) is 12.1 Å². The van der Waals surface area contributed by atoms with Gasteiger partial charge in [0.2, 0.25) is 10.0 Å². The molecule has 0 aliphatic rings. The van der Waals surface area contributed by atoms with Crippen molar-refractivity contribution in [1.82, 2.24) is 9.71 Å². The Balaban J connectivity index is 1.84. The molecule has 4 nitrogen and oxygen atoms in total. The van der Waals surface area contributed by atoms with Crippen LogP contribution < -0.4 is 4.72 Å². The van der Waals surface area contributed by atoms with Crippen molar-refractivity contribution < 1.29 is 8.42 Å². The van der Waals surface area contributed by atoms with Gasteiger partial charge in [-0.05, 0) is 42.0 Å². The van der Waals surface area contributed by atoms with Crippen molar-refractivity contribution in [2.75, 3.05) is 6.54 Å². The van der Waals surface area contributed by atoms with E-state index in [0.717, 1.165) is 16.5 Å². The molecular formula is C18H18Cl2N2O2S. The highest BCUT2D eigenvalue weighted by Crippen LogP contribution is 2.31. The summed E-state index contributed by atoms with van der Waals surface area (Å²) in [5.41, 5.74) is 1.54. The molecule has 2 N–H and O–H groups in total. The van der Waals surface area contributed by atoms with Gasteiger partial charge in [0.05, 0.1) is 4.90 Å². The van der Waals surface area contributed by atoms with Crippen molar-refractivity contribution in [2.24, 2.45) is 0 Å². The van der Waals surface area contributed by atoms with E-state index in [2.05, 4.69) is 9.71 Å². The fourth-order valence-electron chi connectivity index (χ4n) is 2.73. The third-order valence-corrected chi connectivity index (χ3v) is 6.11. The summed E-state index contributed by atoms with van der Waals surface area (Å²) in [5, 5.41) is 2.18. The third-order valence-electron chi connectivity index (χ3n) is 4.20. The number of sulfonamides is 1. The molecule has 0 amide bonds. The van der Waals surface area contributed by atoms with Crippen LogP contribution in [0.15, 0.2) is 53.6 Å². The summed E-state index contributed by atoms with van der Waals surface area (Å²) in [5.74, 6) is 0. The average molecular weight is 397 g/mol. The standard InChI is InChI=1S/C18H18Cl2N2O2S/c1-18(2,16-10-21-17-9-13(20)5-8-15(16)17)11-22-25(23,24)14-6-3-12(19)4-7-14/h3-10,21-22H,11H2,1-2H3. The highest BCUT2D eigenvalue weighted by atomic mass is 35.5. The van der Waals surface area contributed by atoms with Crippen LogP contribution in [-0.2, 0) is 15.4 Å². The Labute approximate surface area is 157 Å². The fourth-order valence-corrected chi connectivity index (χ4v) is 4.24.